The van der Waals surface area contributed by atoms with Crippen LogP contribution < -0.4 is 21.2 Å². The molecular formula is C28H47N8O9P. The summed E-state index contributed by atoms with van der Waals surface area (Å²) in [4.78, 5) is 38.6. The average Bonchev–Trinajstić information content (AvgIpc) is 3.65. The topological polar surface area (TPSA) is 234 Å². The molecule has 3 heterocycles. The van der Waals surface area contributed by atoms with Gasteiger partial charge >= 0.3 is 19.6 Å². The highest BCUT2D eigenvalue weighted by atomic mass is 31.2. The number of aliphatic hydroxyl groups is 2. The molecule has 4 rings (SSSR count). The van der Waals surface area contributed by atoms with Gasteiger partial charge in [0, 0.05) is 6.04 Å². The molecule has 0 radical (unpaired) electrons. The summed E-state index contributed by atoms with van der Waals surface area (Å²) in [5.41, 5.74) is 4.76. The van der Waals surface area contributed by atoms with Gasteiger partial charge in [-0.2, -0.15) is 9.97 Å². The number of imidazole rings is 1. The van der Waals surface area contributed by atoms with Crippen molar-refractivity contribution in [2.24, 2.45) is 11.8 Å². The maximum atomic E-state index is 14.4. The van der Waals surface area contributed by atoms with E-state index in [1.165, 1.54) is 17.8 Å². The summed E-state index contributed by atoms with van der Waals surface area (Å²) >= 11 is 0. The van der Waals surface area contributed by atoms with E-state index in [0.29, 0.717) is 11.3 Å². The SMILES string of the molecule is CCOC(=O)[C@@H](NP(=O)(N[C@H](C(=O)OCC)C(C)C)OC[C@H]1O[C@@H](n2cnc3c(NC4CC4)nc(N)nc32)[C@@](C)(O)C1O)C(C)C. The molecular weight excluding hydrogens is 623 g/mol. The van der Waals surface area contributed by atoms with Crippen molar-refractivity contribution in [3.63, 3.8) is 0 Å². The van der Waals surface area contributed by atoms with Crippen LogP contribution in [0.5, 0.6) is 0 Å². The van der Waals surface area contributed by atoms with Gasteiger partial charge in [0.05, 0.1) is 26.1 Å². The van der Waals surface area contributed by atoms with Crippen LogP contribution in [0.2, 0.25) is 0 Å². The third-order valence-corrected chi connectivity index (χ3v) is 9.57. The van der Waals surface area contributed by atoms with Crippen LogP contribution in [0.15, 0.2) is 6.33 Å². The number of aromatic nitrogens is 4. The molecule has 1 saturated heterocycles. The van der Waals surface area contributed by atoms with Crippen molar-refractivity contribution < 1.29 is 43.1 Å². The van der Waals surface area contributed by atoms with E-state index in [4.69, 9.17) is 24.5 Å². The summed E-state index contributed by atoms with van der Waals surface area (Å²) in [5.74, 6) is -1.67. The second-order valence-corrected chi connectivity index (χ2v) is 14.3. The summed E-state index contributed by atoms with van der Waals surface area (Å²) in [7, 11) is -4.29. The lowest BCUT2D eigenvalue weighted by Gasteiger charge is -2.31. The molecule has 1 aliphatic carbocycles. The number of ether oxygens (including phenoxy) is 3. The highest BCUT2D eigenvalue weighted by Gasteiger charge is 2.54. The second kappa shape index (κ2) is 14.5. The molecule has 17 nitrogen and oxygen atoms in total. The first-order chi connectivity index (χ1) is 21.6. The minimum atomic E-state index is -4.29. The first-order valence-corrected chi connectivity index (χ1v) is 17.2. The fourth-order valence-corrected chi connectivity index (χ4v) is 7.19. The number of nitrogens with zero attached hydrogens (tertiary/aromatic N) is 4. The van der Waals surface area contributed by atoms with Crippen molar-refractivity contribution in [2.45, 2.75) is 103 Å². The molecule has 6 atom stereocenters. The summed E-state index contributed by atoms with van der Waals surface area (Å²) in [6, 6.07) is -1.91. The van der Waals surface area contributed by atoms with E-state index >= 15 is 0 Å². The van der Waals surface area contributed by atoms with E-state index in [0.717, 1.165) is 12.8 Å². The molecule has 2 aromatic heterocycles. The number of aliphatic hydroxyl groups excluding tert-OH is 1. The van der Waals surface area contributed by atoms with E-state index in [1.54, 1.807) is 41.5 Å². The van der Waals surface area contributed by atoms with Gasteiger partial charge in [0.2, 0.25) is 5.95 Å². The van der Waals surface area contributed by atoms with Gasteiger partial charge in [0.1, 0.15) is 29.9 Å². The molecule has 18 heteroatoms. The van der Waals surface area contributed by atoms with E-state index in [-0.39, 0.29) is 42.7 Å². The van der Waals surface area contributed by atoms with Gasteiger partial charge in [0.15, 0.2) is 23.2 Å². The maximum absolute atomic E-state index is 14.4. The van der Waals surface area contributed by atoms with Gasteiger partial charge in [-0.15, -0.1) is 0 Å². The average molecular weight is 671 g/mol. The number of anilines is 2. The Hall–Kier alpha value is -2.92. The molecule has 46 heavy (non-hydrogen) atoms. The third kappa shape index (κ3) is 7.95. The fourth-order valence-electron chi connectivity index (χ4n) is 5.07. The summed E-state index contributed by atoms with van der Waals surface area (Å²) in [6.45, 7) is 11.3. The molecule has 0 aromatic carbocycles. The van der Waals surface area contributed by atoms with Crippen LogP contribution in [-0.4, -0.2) is 97.4 Å². The van der Waals surface area contributed by atoms with Crippen LogP contribution >= 0.6 is 7.67 Å². The number of rotatable bonds is 16. The number of nitrogens with one attached hydrogen (secondary N) is 3. The van der Waals surface area contributed by atoms with Crippen LogP contribution in [0.1, 0.15) is 67.5 Å². The van der Waals surface area contributed by atoms with Gasteiger partial charge in [-0.05, 0) is 45.4 Å². The predicted molar refractivity (Wildman–Crippen MR) is 167 cm³/mol. The van der Waals surface area contributed by atoms with E-state index < -0.39 is 62.3 Å². The van der Waals surface area contributed by atoms with Crippen LogP contribution in [0, 0.1) is 11.8 Å². The van der Waals surface area contributed by atoms with Gasteiger partial charge < -0.3 is 40.0 Å². The van der Waals surface area contributed by atoms with Crippen LogP contribution in [0.4, 0.5) is 11.8 Å². The Balaban J connectivity index is 1.61. The lowest BCUT2D eigenvalue weighted by atomic mass is 9.96. The smallest absolute Gasteiger partial charge is 0.342 e. The number of carbonyl (C=O) groups is 2. The van der Waals surface area contributed by atoms with Crippen LogP contribution in [0.25, 0.3) is 11.2 Å². The molecule has 2 fully saturated rings. The van der Waals surface area contributed by atoms with Crippen molar-refractivity contribution in [1.29, 1.82) is 0 Å². The quantitative estimate of drug-likeness (QED) is 0.110. The summed E-state index contributed by atoms with van der Waals surface area (Å²) in [5, 5.41) is 31.4. The molecule has 7 N–H and O–H groups in total. The van der Waals surface area contributed by atoms with Crippen molar-refractivity contribution in [3.8, 4) is 0 Å². The molecule has 0 bridgehead atoms. The number of hydrogen-bond acceptors (Lipinski definition) is 14. The molecule has 1 unspecified atom stereocenters. The first kappa shape index (κ1) is 35.9. The number of nitrogen functional groups attached to an aromatic ring is 1. The number of fused-ring (bicyclic) bond motifs is 1. The van der Waals surface area contributed by atoms with Crippen molar-refractivity contribution >= 4 is 42.5 Å². The largest absolute Gasteiger partial charge is 0.465 e. The molecule has 0 spiro atoms. The minimum Gasteiger partial charge on any atom is -0.465 e. The Morgan fingerprint density at radius 2 is 1.67 bits per heavy atom. The normalized spacial score (nSPS) is 24.8. The Labute approximate surface area is 267 Å². The molecule has 0 amide bonds. The third-order valence-electron chi connectivity index (χ3n) is 7.82. The zero-order valence-corrected chi connectivity index (χ0v) is 28.2. The predicted octanol–water partition coefficient (Wildman–Crippen LogP) is 1.47. The Bertz CT molecular complexity index is 1400. The lowest BCUT2D eigenvalue weighted by Crippen LogP contribution is -2.49. The van der Waals surface area contributed by atoms with Crippen molar-refractivity contribution in [2.75, 3.05) is 30.9 Å². The van der Waals surface area contributed by atoms with Crippen LogP contribution in [-0.2, 0) is 32.9 Å². The Kier molecular flexibility index (Phi) is 11.3. The number of carbonyl (C=O) groups excluding carboxylic acids is 2. The highest BCUT2D eigenvalue weighted by Crippen LogP contribution is 2.45. The summed E-state index contributed by atoms with van der Waals surface area (Å²) < 4.78 is 38.2. The van der Waals surface area contributed by atoms with E-state index in [9.17, 15) is 24.4 Å². The number of nitrogens with two attached hydrogens (primary N) is 1. The van der Waals surface area contributed by atoms with Crippen LogP contribution in [0.3, 0.4) is 0 Å². The standard InChI is InChI=1S/C28H47N8O9P/c1-8-42-24(38)18(14(3)4)34-46(41,35-19(15(5)6)25(39)43-9-2)44-12-17-21(37)28(7,40)26(45-17)36-13-30-20-22(31-16-10-11-16)32-27(29)33-23(20)36/h13-19,21,26,37,40H,8-12H2,1-7H3,(H2,34,35,41)(H3,29,31,32,33)/t17-,18+,19+,21?,26-,28+/m1/s1. The van der Waals surface area contributed by atoms with Gasteiger partial charge in [-0.1, -0.05) is 27.7 Å². The first-order valence-electron chi connectivity index (χ1n) is 15.6. The second-order valence-electron chi connectivity index (χ2n) is 12.4. The molecule has 2 aromatic rings. The maximum Gasteiger partial charge on any atom is 0.342 e. The molecule has 1 aliphatic heterocycles. The van der Waals surface area contributed by atoms with Gasteiger partial charge in [-0.25, -0.2) is 15.2 Å². The lowest BCUT2D eigenvalue weighted by molar-refractivity contribution is -0.146. The zero-order valence-electron chi connectivity index (χ0n) is 27.3. The van der Waals surface area contributed by atoms with E-state index in [1.807, 2.05) is 0 Å². The highest BCUT2D eigenvalue weighted by molar-refractivity contribution is 7.54. The molecule has 258 valence electrons. The molecule has 2 aliphatic rings. The zero-order chi connectivity index (χ0) is 34.0. The van der Waals surface area contributed by atoms with Gasteiger partial charge in [-0.3, -0.25) is 18.7 Å². The van der Waals surface area contributed by atoms with Crippen molar-refractivity contribution in [1.82, 2.24) is 29.7 Å². The number of esters is 2. The minimum absolute atomic E-state index is 0.0174. The van der Waals surface area contributed by atoms with Crippen molar-refractivity contribution in [3.05, 3.63) is 6.33 Å². The number of hydrogen-bond donors (Lipinski definition) is 6. The van der Waals surface area contributed by atoms with Gasteiger partial charge in [0.25, 0.3) is 0 Å². The Morgan fingerprint density at radius 3 is 2.17 bits per heavy atom. The fraction of sp³-hybridized carbons (Fsp3) is 0.750. The van der Waals surface area contributed by atoms with E-state index in [2.05, 4.69) is 30.4 Å². The summed E-state index contributed by atoms with van der Waals surface area (Å²) in [6.07, 6.45) is -0.594. The monoisotopic (exact) mass is 670 g/mol. The molecule has 1 saturated carbocycles. The Morgan fingerprint density at radius 1 is 1.11 bits per heavy atom.